The molecule has 1 amide bonds. The van der Waals surface area contributed by atoms with E-state index in [9.17, 15) is 9.18 Å². The Kier molecular flexibility index (Phi) is 3.05. The van der Waals surface area contributed by atoms with Crippen molar-refractivity contribution < 1.29 is 9.18 Å². The van der Waals surface area contributed by atoms with Gasteiger partial charge >= 0.3 is 0 Å². The highest BCUT2D eigenvalue weighted by molar-refractivity contribution is 5.97. The number of hydrogen-bond donors (Lipinski definition) is 3. The molecule has 0 bridgehead atoms. The van der Waals surface area contributed by atoms with Gasteiger partial charge in [0.25, 0.3) is 0 Å². The van der Waals surface area contributed by atoms with Gasteiger partial charge in [-0.1, -0.05) is 0 Å². The molecule has 1 aliphatic rings. The van der Waals surface area contributed by atoms with Crippen molar-refractivity contribution in [2.24, 2.45) is 0 Å². The van der Waals surface area contributed by atoms with Gasteiger partial charge in [0.05, 0.1) is 17.4 Å². The van der Waals surface area contributed by atoms with E-state index < -0.39 is 5.82 Å². The number of benzene rings is 1. The van der Waals surface area contributed by atoms with Crippen molar-refractivity contribution >= 4 is 17.3 Å². The molecule has 86 valence electrons. The number of nitrogens with one attached hydrogen (secondary N) is 2. The van der Waals surface area contributed by atoms with Crippen LogP contribution < -0.4 is 16.4 Å². The molecule has 1 saturated heterocycles. The summed E-state index contributed by atoms with van der Waals surface area (Å²) in [6.07, 6.45) is 1.82. The van der Waals surface area contributed by atoms with Crippen LogP contribution in [0.25, 0.3) is 0 Å². The maximum Gasteiger partial charge on any atom is 0.241 e. The zero-order chi connectivity index (χ0) is 11.5. The van der Waals surface area contributed by atoms with E-state index in [-0.39, 0.29) is 17.6 Å². The molecule has 0 spiro atoms. The molecule has 5 heteroatoms. The number of halogens is 1. The van der Waals surface area contributed by atoms with Crippen molar-refractivity contribution in [3.05, 3.63) is 24.0 Å². The predicted octanol–water partition coefficient (Wildman–Crippen LogP) is 1.10. The van der Waals surface area contributed by atoms with Crippen LogP contribution in [-0.4, -0.2) is 18.5 Å². The van der Waals surface area contributed by atoms with Crippen LogP contribution in [-0.2, 0) is 4.79 Å². The fraction of sp³-hybridized carbons (Fsp3) is 0.364. The minimum Gasteiger partial charge on any atom is -0.397 e. The Balaban J connectivity index is 2.05. The van der Waals surface area contributed by atoms with Crippen LogP contribution in [0.4, 0.5) is 15.8 Å². The number of hydrogen-bond acceptors (Lipinski definition) is 3. The van der Waals surface area contributed by atoms with Crippen molar-refractivity contribution in [3.8, 4) is 0 Å². The summed E-state index contributed by atoms with van der Waals surface area (Å²) < 4.78 is 12.8. The molecule has 16 heavy (non-hydrogen) atoms. The minimum absolute atomic E-state index is 0.115. The third kappa shape index (κ3) is 2.30. The monoisotopic (exact) mass is 223 g/mol. The number of carbonyl (C=O) groups excluding carboxylic acids is 1. The summed E-state index contributed by atoms with van der Waals surface area (Å²) in [7, 11) is 0. The Hall–Kier alpha value is -1.62. The standard InChI is InChI=1S/C11H14FN3O/c12-7-3-4-9(8(13)6-7)15-11(16)10-2-1-5-14-10/h3-4,6,10,14H,1-2,5,13H2,(H,15,16). The van der Waals surface area contributed by atoms with Crippen LogP contribution in [0.5, 0.6) is 0 Å². The smallest absolute Gasteiger partial charge is 0.241 e. The number of amides is 1. The van der Waals surface area contributed by atoms with Gasteiger partial charge in [0.1, 0.15) is 5.82 Å². The maximum absolute atomic E-state index is 12.8. The molecule has 2 rings (SSSR count). The zero-order valence-electron chi connectivity index (χ0n) is 8.79. The topological polar surface area (TPSA) is 67.1 Å². The van der Waals surface area contributed by atoms with E-state index in [0.717, 1.165) is 19.4 Å². The quantitative estimate of drug-likeness (QED) is 0.658. The second-order valence-electron chi connectivity index (χ2n) is 3.87. The summed E-state index contributed by atoms with van der Waals surface area (Å²) in [5.74, 6) is -0.523. The van der Waals surface area contributed by atoms with Crippen LogP contribution in [0.2, 0.25) is 0 Å². The Morgan fingerprint density at radius 3 is 3.00 bits per heavy atom. The Morgan fingerprint density at radius 2 is 2.38 bits per heavy atom. The van der Waals surface area contributed by atoms with Gasteiger partial charge in [0.15, 0.2) is 0 Å². The van der Waals surface area contributed by atoms with Gasteiger partial charge in [-0.3, -0.25) is 4.79 Å². The first-order valence-corrected chi connectivity index (χ1v) is 5.26. The zero-order valence-corrected chi connectivity index (χ0v) is 8.79. The average Bonchev–Trinajstić information content (AvgIpc) is 2.75. The number of rotatable bonds is 2. The lowest BCUT2D eigenvalue weighted by Crippen LogP contribution is -2.35. The fourth-order valence-electron chi connectivity index (χ4n) is 1.78. The molecule has 4 N–H and O–H groups in total. The minimum atomic E-state index is -0.408. The summed E-state index contributed by atoms with van der Waals surface area (Å²) >= 11 is 0. The Bertz CT molecular complexity index is 402. The average molecular weight is 223 g/mol. The van der Waals surface area contributed by atoms with Crippen molar-refractivity contribution in [2.75, 3.05) is 17.6 Å². The van der Waals surface area contributed by atoms with E-state index >= 15 is 0 Å². The molecule has 0 saturated carbocycles. The summed E-state index contributed by atoms with van der Waals surface area (Å²) in [5, 5.41) is 5.77. The van der Waals surface area contributed by atoms with Crippen LogP contribution in [0.1, 0.15) is 12.8 Å². The van der Waals surface area contributed by atoms with Gasteiger partial charge < -0.3 is 16.4 Å². The Morgan fingerprint density at radius 1 is 1.56 bits per heavy atom. The molecule has 1 aromatic carbocycles. The van der Waals surface area contributed by atoms with Crippen molar-refractivity contribution in [1.29, 1.82) is 0 Å². The molecular weight excluding hydrogens is 209 g/mol. The number of nitrogen functional groups attached to an aromatic ring is 1. The van der Waals surface area contributed by atoms with Crippen molar-refractivity contribution in [2.45, 2.75) is 18.9 Å². The van der Waals surface area contributed by atoms with E-state index in [0.29, 0.717) is 5.69 Å². The van der Waals surface area contributed by atoms with E-state index in [2.05, 4.69) is 10.6 Å². The molecular formula is C11H14FN3O. The molecule has 0 aliphatic carbocycles. The lowest BCUT2D eigenvalue weighted by atomic mass is 10.2. The molecule has 1 heterocycles. The molecule has 0 aromatic heterocycles. The molecule has 1 fully saturated rings. The highest BCUT2D eigenvalue weighted by Crippen LogP contribution is 2.20. The van der Waals surface area contributed by atoms with Gasteiger partial charge in [-0.05, 0) is 37.6 Å². The first kappa shape index (κ1) is 10.9. The van der Waals surface area contributed by atoms with E-state index in [4.69, 9.17) is 5.73 Å². The van der Waals surface area contributed by atoms with Gasteiger partial charge in [0.2, 0.25) is 5.91 Å². The van der Waals surface area contributed by atoms with Crippen LogP contribution in [0.3, 0.4) is 0 Å². The van der Waals surface area contributed by atoms with Crippen LogP contribution >= 0.6 is 0 Å². The second-order valence-corrected chi connectivity index (χ2v) is 3.87. The summed E-state index contributed by atoms with van der Waals surface area (Å²) in [6, 6.07) is 3.77. The first-order chi connectivity index (χ1) is 7.66. The maximum atomic E-state index is 12.8. The molecule has 1 unspecified atom stereocenters. The van der Waals surface area contributed by atoms with Crippen LogP contribution in [0, 0.1) is 5.82 Å². The summed E-state index contributed by atoms with van der Waals surface area (Å²) in [5.41, 5.74) is 6.29. The highest BCUT2D eigenvalue weighted by Gasteiger charge is 2.22. The molecule has 0 radical (unpaired) electrons. The van der Waals surface area contributed by atoms with Gasteiger partial charge in [-0.2, -0.15) is 0 Å². The van der Waals surface area contributed by atoms with E-state index in [1.165, 1.54) is 18.2 Å². The second kappa shape index (κ2) is 4.49. The Labute approximate surface area is 93.0 Å². The number of carbonyl (C=O) groups is 1. The SMILES string of the molecule is Nc1cc(F)ccc1NC(=O)C1CCCN1. The molecule has 1 aromatic rings. The molecule has 1 atom stereocenters. The lowest BCUT2D eigenvalue weighted by Gasteiger charge is -2.12. The van der Waals surface area contributed by atoms with E-state index in [1.54, 1.807) is 0 Å². The first-order valence-electron chi connectivity index (χ1n) is 5.26. The van der Waals surface area contributed by atoms with Gasteiger partial charge in [-0.25, -0.2) is 4.39 Å². The highest BCUT2D eigenvalue weighted by atomic mass is 19.1. The third-order valence-electron chi connectivity index (χ3n) is 2.65. The van der Waals surface area contributed by atoms with Gasteiger partial charge in [0, 0.05) is 0 Å². The normalized spacial score (nSPS) is 19.7. The van der Waals surface area contributed by atoms with Crippen molar-refractivity contribution in [1.82, 2.24) is 5.32 Å². The molecule has 4 nitrogen and oxygen atoms in total. The predicted molar refractivity (Wildman–Crippen MR) is 60.5 cm³/mol. The molecule has 1 aliphatic heterocycles. The van der Waals surface area contributed by atoms with Crippen molar-refractivity contribution in [3.63, 3.8) is 0 Å². The lowest BCUT2D eigenvalue weighted by molar-refractivity contribution is -0.117. The summed E-state index contributed by atoms with van der Waals surface area (Å²) in [4.78, 5) is 11.7. The fourth-order valence-corrected chi connectivity index (χ4v) is 1.78. The number of anilines is 2. The van der Waals surface area contributed by atoms with E-state index in [1.807, 2.05) is 0 Å². The largest absolute Gasteiger partial charge is 0.397 e. The van der Waals surface area contributed by atoms with Gasteiger partial charge in [-0.15, -0.1) is 0 Å². The summed E-state index contributed by atoms with van der Waals surface area (Å²) in [6.45, 7) is 0.858. The van der Waals surface area contributed by atoms with Crippen LogP contribution in [0.15, 0.2) is 18.2 Å². The third-order valence-corrected chi connectivity index (χ3v) is 2.65. The number of nitrogens with two attached hydrogens (primary N) is 1.